The number of para-hydroxylation sites is 6. The van der Waals surface area contributed by atoms with Crippen LogP contribution in [0.1, 0.15) is 0 Å². The highest BCUT2D eigenvalue weighted by atomic mass is 16.3. The first kappa shape index (κ1) is 48.9. The maximum atomic E-state index is 7.14. The lowest BCUT2D eigenvalue weighted by atomic mass is 10.0. The predicted octanol–water partition coefficient (Wildman–Crippen LogP) is 23.6. The molecule has 0 saturated heterocycles. The number of benzene rings is 14. The third kappa shape index (κ3) is 7.12. The molecule has 0 N–H and O–H groups in total. The smallest absolute Gasteiger partial charge is 0.143 e. The Morgan fingerprint density at radius 3 is 0.933 bits per heavy atom. The van der Waals surface area contributed by atoms with Crippen molar-refractivity contribution in [1.82, 2.24) is 9.13 Å². The van der Waals surface area contributed by atoms with Gasteiger partial charge >= 0.3 is 0 Å². The molecule has 0 aliphatic carbocycles. The van der Waals surface area contributed by atoms with Crippen LogP contribution in [0.2, 0.25) is 0 Å². The summed E-state index contributed by atoms with van der Waals surface area (Å²) in [5, 5.41) is 15.1. The summed E-state index contributed by atoms with van der Waals surface area (Å²) in [6, 6.07) is 104. The van der Waals surface area contributed by atoms with Gasteiger partial charge in [0.25, 0.3) is 0 Å². The maximum Gasteiger partial charge on any atom is 0.143 e. The SMILES string of the molecule is c1ccc(-n2c3ccccc3c3ccc(N(c4ccc5c(c4)oc4c5ccc5c4ccc4c6ccc(N(c7ccc8oc9ccccc9c8c7)c7ccc8c9ccccc9n(-c9ccccc9)c8c7)cc6oc45)c4ccc5oc6ccccc6c5c4)cc32)cc1. The molecule has 20 rings (SSSR count). The van der Waals surface area contributed by atoms with Crippen LogP contribution in [0.5, 0.6) is 0 Å². The fourth-order valence-corrected chi connectivity index (χ4v) is 14.6. The van der Waals surface area contributed by atoms with Crippen molar-refractivity contribution in [3.05, 3.63) is 291 Å². The van der Waals surface area contributed by atoms with Crippen LogP contribution in [0.3, 0.4) is 0 Å². The molecule has 0 amide bonds. The summed E-state index contributed by atoms with van der Waals surface area (Å²) in [7, 11) is 0. The van der Waals surface area contributed by atoms with Crippen molar-refractivity contribution in [2.75, 3.05) is 9.80 Å². The molecule has 0 saturated carbocycles. The van der Waals surface area contributed by atoms with E-state index in [1.807, 2.05) is 24.3 Å². The summed E-state index contributed by atoms with van der Waals surface area (Å²) in [5.74, 6) is 0. The van der Waals surface area contributed by atoms with E-state index >= 15 is 0 Å². The molecule has 0 spiro atoms. The van der Waals surface area contributed by atoms with Crippen LogP contribution in [0, 0.1) is 0 Å². The number of aromatic nitrogens is 2. The zero-order valence-corrected chi connectivity index (χ0v) is 48.1. The number of furan rings is 4. The quantitative estimate of drug-likeness (QED) is 0.151. The van der Waals surface area contributed by atoms with E-state index in [2.05, 4.69) is 286 Å². The minimum absolute atomic E-state index is 0.785. The molecule has 6 heterocycles. The molecular weight excluding hydrogens is 1100 g/mol. The van der Waals surface area contributed by atoms with Gasteiger partial charge < -0.3 is 36.6 Å². The van der Waals surface area contributed by atoms with Gasteiger partial charge in [-0.3, -0.25) is 0 Å². The highest BCUT2D eigenvalue weighted by Gasteiger charge is 2.25. The molecule has 20 aromatic rings. The molecule has 8 nitrogen and oxygen atoms in total. The molecule has 8 heteroatoms. The van der Waals surface area contributed by atoms with Crippen LogP contribution in [-0.4, -0.2) is 9.13 Å². The van der Waals surface area contributed by atoms with Crippen LogP contribution in [0.15, 0.2) is 309 Å². The van der Waals surface area contributed by atoms with Crippen molar-refractivity contribution < 1.29 is 17.7 Å². The second-order valence-corrected chi connectivity index (χ2v) is 23.6. The Bertz CT molecular complexity index is 5990. The summed E-state index contributed by atoms with van der Waals surface area (Å²) in [6.07, 6.45) is 0. The fourth-order valence-electron chi connectivity index (χ4n) is 14.6. The van der Waals surface area contributed by atoms with Crippen LogP contribution >= 0.6 is 0 Å². The van der Waals surface area contributed by atoms with Crippen LogP contribution < -0.4 is 9.80 Å². The van der Waals surface area contributed by atoms with E-state index < -0.39 is 0 Å². The molecule has 0 bridgehead atoms. The topological polar surface area (TPSA) is 68.9 Å². The van der Waals surface area contributed by atoms with Crippen LogP contribution in [0.25, 0.3) is 154 Å². The Morgan fingerprint density at radius 1 is 0.189 bits per heavy atom. The molecule has 0 aliphatic rings. The van der Waals surface area contributed by atoms with Gasteiger partial charge in [-0.15, -0.1) is 0 Å². The molecule has 420 valence electrons. The van der Waals surface area contributed by atoms with Crippen molar-refractivity contribution in [2.24, 2.45) is 0 Å². The Labute approximate surface area is 512 Å². The average molecular weight is 1150 g/mol. The van der Waals surface area contributed by atoms with E-state index in [9.17, 15) is 0 Å². The van der Waals surface area contributed by atoms with Crippen molar-refractivity contribution in [3.63, 3.8) is 0 Å². The Morgan fingerprint density at radius 2 is 0.489 bits per heavy atom. The Hall–Kier alpha value is -12.3. The first-order valence-electron chi connectivity index (χ1n) is 30.4. The minimum Gasteiger partial charge on any atom is -0.456 e. The molecule has 90 heavy (non-hydrogen) atoms. The lowest BCUT2D eigenvalue weighted by Crippen LogP contribution is -2.10. The molecule has 0 radical (unpaired) electrons. The predicted molar refractivity (Wildman–Crippen MR) is 371 cm³/mol. The van der Waals surface area contributed by atoms with Gasteiger partial charge in [0.2, 0.25) is 0 Å². The standard InChI is InChI=1S/C82H48N4O4/c1-3-15-49(16-4-1)85-71-23-11-7-19-57(71)59-33-27-53(45-73(59)85)83(51-31-41-77-69(43-51)61-21-9-13-25-75(61)87-77)55-29-35-63-65-37-39-68-67(81(65)89-79(63)47-55)40-38-66-64-36-30-56(48-80(64)90-82(66)68)84(52-32-42-78-70(44-52)62-22-10-14-26-76(62)88-78)54-28-34-60-58-20-8-12-24-72(58)86(74(60)46-54)50-17-5-2-6-18-50/h1-48H. The van der Waals surface area contributed by atoms with Gasteiger partial charge in [0.1, 0.15) is 44.7 Å². The van der Waals surface area contributed by atoms with Gasteiger partial charge in [-0.2, -0.15) is 0 Å². The largest absolute Gasteiger partial charge is 0.456 e. The van der Waals surface area contributed by atoms with Crippen molar-refractivity contribution in [3.8, 4) is 11.4 Å². The first-order chi connectivity index (χ1) is 44.6. The average Bonchev–Trinajstić information content (AvgIpc) is 1.70. The van der Waals surface area contributed by atoms with Gasteiger partial charge in [-0.1, -0.05) is 121 Å². The third-order valence-corrected chi connectivity index (χ3v) is 18.7. The summed E-state index contributed by atoms with van der Waals surface area (Å²) in [6.45, 7) is 0. The normalized spacial score (nSPS) is 12.2. The summed E-state index contributed by atoms with van der Waals surface area (Å²) in [4.78, 5) is 4.68. The zero-order chi connectivity index (χ0) is 58.7. The van der Waals surface area contributed by atoms with E-state index in [0.29, 0.717) is 0 Å². The maximum absolute atomic E-state index is 7.14. The number of anilines is 6. The van der Waals surface area contributed by atoms with E-state index in [0.717, 1.165) is 166 Å². The van der Waals surface area contributed by atoms with Gasteiger partial charge in [0.05, 0.1) is 22.1 Å². The van der Waals surface area contributed by atoms with Gasteiger partial charge in [-0.25, -0.2) is 0 Å². The van der Waals surface area contributed by atoms with Crippen molar-refractivity contribution in [1.29, 1.82) is 0 Å². The summed E-state index contributed by atoms with van der Waals surface area (Å²) < 4.78 is 31.8. The Balaban J connectivity index is 0.741. The summed E-state index contributed by atoms with van der Waals surface area (Å²) >= 11 is 0. The number of hydrogen-bond acceptors (Lipinski definition) is 6. The third-order valence-electron chi connectivity index (χ3n) is 18.7. The van der Waals surface area contributed by atoms with Crippen molar-refractivity contribution >= 4 is 176 Å². The van der Waals surface area contributed by atoms with Gasteiger partial charge in [0.15, 0.2) is 0 Å². The zero-order valence-electron chi connectivity index (χ0n) is 48.1. The van der Waals surface area contributed by atoms with Crippen LogP contribution in [-0.2, 0) is 0 Å². The van der Waals surface area contributed by atoms with Gasteiger partial charge in [-0.05, 0) is 158 Å². The Kier molecular flexibility index (Phi) is 10.1. The molecule has 6 aromatic heterocycles. The highest BCUT2D eigenvalue weighted by Crippen LogP contribution is 2.48. The van der Waals surface area contributed by atoms with Gasteiger partial charge in [0, 0.05) is 133 Å². The monoisotopic (exact) mass is 1150 g/mol. The molecule has 0 atom stereocenters. The number of nitrogens with zero attached hydrogens (tertiary/aromatic N) is 4. The van der Waals surface area contributed by atoms with E-state index in [4.69, 9.17) is 17.7 Å². The second-order valence-electron chi connectivity index (χ2n) is 23.6. The lowest BCUT2D eigenvalue weighted by Gasteiger charge is -2.26. The number of rotatable bonds is 8. The van der Waals surface area contributed by atoms with E-state index in [1.165, 1.54) is 21.5 Å². The number of hydrogen-bond donors (Lipinski definition) is 0. The molecule has 0 fully saturated rings. The lowest BCUT2D eigenvalue weighted by molar-refractivity contribution is 0.668. The van der Waals surface area contributed by atoms with Crippen LogP contribution in [0.4, 0.5) is 34.1 Å². The molecule has 0 unspecified atom stereocenters. The minimum atomic E-state index is 0.785. The fraction of sp³-hybridized carbons (Fsp3) is 0. The second kappa shape index (κ2) is 18.6. The highest BCUT2D eigenvalue weighted by molar-refractivity contribution is 6.23. The number of fused-ring (bicyclic) bond motifs is 21. The van der Waals surface area contributed by atoms with Crippen molar-refractivity contribution in [2.45, 2.75) is 0 Å². The van der Waals surface area contributed by atoms with E-state index in [1.54, 1.807) is 0 Å². The molecule has 14 aromatic carbocycles. The van der Waals surface area contributed by atoms with E-state index in [-0.39, 0.29) is 0 Å². The molecule has 0 aliphatic heterocycles. The first-order valence-corrected chi connectivity index (χ1v) is 30.4. The summed E-state index contributed by atoms with van der Waals surface area (Å²) in [5.41, 5.74) is 19.3. The molecular formula is C82H48N4O4.